The van der Waals surface area contributed by atoms with E-state index >= 15 is 0 Å². The predicted molar refractivity (Wildman–Crippen MR) is 88.7 cm³/mol. The zero-order chi connectivity index (χ0) is 16.3. The quantitative estimate of drug-likeness (QED) is 0.870. The van der Waals surface area contributed by atoms with Crippen LogP contribution in [0.25, 0.3) is 0 Å². The Kier molecular flexibility index (Phi) is 6.10. The van der Waals surface area contributed by atoms with Crippen LogP contribution >= 0.6 is 23.2 Å². The lowest BCUT2D eigenvalue weighted by Crippen LogP contribution is -2.52. The third kappa shape index (κ3) is 4.81. The van der Waals surface area contributed by atoms with E-state index in [2.05, 4.69) is 4.72 Å². The van der Waals surface area contributed by atoms with Gasteiger partial charge in [0.15, 0.2) is 0 Å². The van der Waals surface area contributed by atoms with E-state index in [1.165, 1.54) is 4.31 Å². The summed E-state index contributed by atoms with van der Waals surface area (Å²) in [7, 11) is -3.51. The fraction of sp³-hybridized carbons (Fsp3) is 0.571. The minimum atomic E-state index is -3.51. The average molecular weight is 367 g/mol. The van der Waals surface area contributed by atoms with E-state index in [4.69, 9.17) is 27.9 Å². The van der Waals surface area contributed by atoms with Gasteiger partial charge >= 0.3 is 0 Å². The van der Waals surface area contributed by atoms with E-state index in [1.807, 2.05) is 13.8 Å². The van der Waals surface area contributed by atoms with Crippen molar-refractivity contribution in [1.82, 2.24) is 9.03 Å². The van der Waals surface area contributed by atoms with Gasteiger partial charge < -0.3 is 4.74 Å². The molecule has 124 valence electrons. The van der Waals surface area contributed by atoms with E-state index in [-0.39, 0.29) is 18.8 Å². The first-order valence-electron chi connectivity index (χ1n) is 7.12. The molecule has 1 aromatic carbocycles. The summed E-state index contributed by atoms with van der Waals surface area (Å²) in [6, 6.07) is 5.19. The van der Waals surface area contributed by atoms with Crippen LogP contribution in [0.3, 0.4) is 0 Å². The van der Waals surface area contributed by atoms with Crippen LogP contribution in [0.1, 0.15) is 19.4 Å². The normalized spacial score (nSPS) is 23.6. The molecule has 0 aliphatic carbocycles. The second kappa shape index (κ2) is 7.47. The van der Waals surface area contributed by atoms with Gasteiger partial charge in [0.1, 0.15) is 0 Å². The number of rotatable bonds is 5. The van der Waals surface area contributed by atoms with E-state index in [1.54, 1.807) is 18.2 Å². The van der Waals surface area contributed by atoms with Crippen LogP contribution in [0.15, 0.2) is 18.2 Å². The standard InChI is InChI=1S/C14H20Cl2N2O3S/c1-10-8-18(9-11(2)21-10)22(19,20)17-6-5-12-3-4-13(15)7-14(12)16/h3-4,7,10-11,17H,5-6,8-9H2,1-2H3. The molecule has 1 heterocycles. The highest BCUT2D eigenvalue weighted by molar-refractivity contribution is 7.87. The topological polar surface area (TPSA) is 58.6 Å². The number of nitrogens with zero attached hydrogens (tertiary/aromatic N) is 1. The van der Waals surface area contributed by atoms with Crippen LogP contribution in [0.4, 0.5) is 0 Å². The molecule has 5 nitrogen and oxygen atoms in total. The minimum absolute atomic E-state index is 0.106. The molecular formula is C14H20Cl2N2O3S. The van der Waals surface area contributed by atoms with Crippen LogP contribution in [0.5, 0.6) is 0 Å². The fourth-order valence-electron chi connectivity index (χ4n) is 2.46. The lowest BCUT2D eigenvalue weighted by atomic mass is 10.1. The SMILES string of the molecule is CC1CN(S(=O)(=O)NCCc2ccc(Cl)cc2Cl)CC(C)O1. The van der Waals surface area contributed by atoms with Crippen molar-refractivity contribution in [3.63, 3.8) is 0 Å². The predicted octanol–water partition coefficient (Wildman–Crippen LogP) is 2.48. The van der Waals surface area contributed by atoms with Crippen LogP contribution in [0.2, 0.25) is 10.0 Å². The summed E-state index contributed by atoms with van der Waals surface area (Å²) < 4.78 is 34.2. The number of hydrogen-bond acceptors (Lipinski definition) is 3. The van der Waals surface area contributed by atoms with Crippen molar-refractivity contribution >= 4 is 33.4 Å². The Balaban J connectivity index is 1.92. The molecular weight excluding hydrogens is 347 g/mol. The molecule has 1 saturated heterocycles. The fourth-order valence-corrected chi connectivity index (χ4v) is 4.32. The zero-order valence-corrected chi connectivity index (χ0v) is 14.9. The highest BCUT2D eigenvalue weighted by Crippen LogP contribution is 2.21. The highest BCUT2D eigenvalue weighted by atomic mass is 35.5. The molecule has 2 unspecified atom stereocenters. The van der Waals surface area contributed by atoms with Crippen molar-refractivity contribution in [2.75, 3.05) is 19.6 Å². The summed E-state index contributed by atoms with van der Waals surface area (Å²) in [5.41, 5.74) is 0.859. The first kappa shape index (κ1) is 18.0. The van der Waals surface area contributed by atoms with E-state index in [9.17, 15) is 8.42 Å². The van der Waals surface area contributed by atoms with Gasteiger partial charge in [-0.15, -0.1) is 0 Å². The van der Waals surface area contributed by atoms with Gasteiger partial charge in [0, 0.05) is 29.7 Å². The Morgan fingerprint density at radius 1 is 1.27 bits per heavy atom. The monoisotopic (exact) mass is 366 g/mol. The maximum atomic E-state index is 12.3. The number of nitrogens with one attached hydrogen (secondary N) is 1. The first-order valence-corrected chi connectivity index (χ1v) is 9.31. The van der Waals surface area contributed by atoms with Crippen LogP contribution in [-0.2, 0) is 21.4 Å². The van der Waals surface area contributed by atoms with Crippen LogP contribution in [0, 0.1) is 0 Å². The molecule has 8 heteroatoms. The number of hydrogen-bond donors (Lipinski definition) is 1. The van der Waals surface area contributed by atoms with Gasteiger partial charge in [0.05, 0.1) is 12.2 Å². The minimum Gasteiger partial charge on any atom is -0.373 e. The smallest absolute Gasteiger partial charge is 0.279 e. The van der Waals surface area contributed by atoms with Crippen LogP contribution in [-0.4, -0.2) is 44.6 Å². The molecule has 1 aliphatic rings. The summed E-state index contributed by atoms with van der Waals surface area (Å²) in [4.78, 5) is 0. The van der Waals surface area contributed by atoms with Crippen molar-refractivity contribution in [2.24, 2.45) is 0 Å². The zero-order valence-electron chi connectivity index (χ0n) is 12.6. The molecule has 2 rings (SSSR count). The van der Waals surface area contributed by atoms with Gasteiger partial charge in [-0.1, -0.05) is 29.3 Å². The second-order valence-corrected chi connectivity index (χ2v) is 8.06. The number of benzene rings is 1. The third-order valence-electron chi connectivity index (χ3n) is 3.42. The Labute approximate surface area is 141 Å². The molecule has 0 saturated carbocycles. The van der Waals surface area contributed by atoms with Gasteiger partial charge in [0.25, 0.3) is 10.2 Å². The van der Waals surface area contributed by atoms with Crippen molar-refractivity contribution in [3.8, 4) is 0 Å². The molecule has 0 spiro atoms. The molecule has 0 bridgehead atoms. The maximum absolute atomic E-state index is 12.3. The second-order valence-electron chi connectivity index (χ2n) is 5.46. The molecule has 0 amide bonds. The lowest BCUT2D eigenvalue weighted by Gasteiger charge is -2.34. The highest BCUT2D eigenvalue weighted by Gasteiger charge is 2.30. The number of ether oxygens (including phenoxy) is 1. The molecule has 1 aromatic rings. The molecule has 1 N–H and O–H groups in total. The Morgan fingerprint density at radius 3 is 2.50 bits per heavy atom. The first-order chi connectivity index (χ1) is 10.3. The van der Waals surface area contributed by atoms with Crippen molar-refractivity contribution in [3.05, 3.63) is 33.8 Å². The summed E-state index contributed by atoms with van der Waals surface area (Å²) in [6.07, 6.45) is 0.294. The van der Waals surface area contributed by atoms with E-state index in [0.29, 0.717) is 29.6 Å². The van der Waals surface area contributed by atoms with Gasteiger partial charge in [0.2, 0.25) is 0 Å². The van der Waals surface area contributed by atoms with Gasteiger partial charge in [-0.3, -0.25) is 0 Å². The van der Waals surface area contributed by atoms with Gasteiger partial charge in [-0.25, -0.2) is 4.72 Å². The third-order valence-corrected chi connectivity index (χ3v) is 5.55. The molecule has 22 heavy (non-hydrogen) atoms. The summed E-state index contributed by atoms with van der Waals surface area (Å²) >= 11 is 11.9. The van der Waals surface area contributed by atoms with E-state index in [0.717, 1.165) is 5.56 Å². The Hall–Kier alpha value is -0.370. The summed E-state index contributed by atoms with van der Waals surface area (Å²) in [6.45, 7) is 4.74. The van der Waals surface area contributed by atoms with Gasteiger partial charge in [-0.05, 0) is 38.0 Å². The lowest BCUT2D eigenvalue weighted by molar-refractivity contribution is -0.0443. The van der Waals surface area contributed by atoms with Gasteiger partial charge in [-0.2, -0.15) is 12.7 Å². The largest absolute Gasteiger partial charge is 0.373 e. The summed E-state index contributed by atoms with van der Waals surface area (Å²) in [5.74, 6) is 0. The van der Waals surface area contributed by atoms with Crippen molar-refractivity contribution < 1.29 is 13.2 Å². The number of morpholine rings is 1. The van der Waals surface area contributed by atoms with E-state index < -0.39 is 10.2 Å². The Bertz CT molecular complexity index is 615. The molecule has 0 radical (unpaired) electrons. The average Bonchev–Trinajstić information content (AvgIpc) is 2.40. The molecule has 0 aromatic heterocycles. The van der Waals surface area contributed by atoms with Crippen molar-refractivity contribution in [2.45, 2.75) is 32.5 Å². The molecule has 1 fully saturated rings. The molecule has 1 aliphatic heterocycles. The molecule has 2 atom stereocenters. The maximum Gasteiger partial charge on any atom is 0.279 e. The van der Waals surface area contributed by atoms with Crippen LogP contribution < -0.4 is 4.72 Å². The summed E-state index contributed by atoms with van der Waals surface area (Å²) in [5, 5.41) is 1.10. The Morgan fingerprint density at radius 2 is 1.91 bits per heavy atom. The number of halogens is 2. The van der Waals surface area contributed by atoms with Crippen molar-refractivity contribution in [1.29, 1.82) is 0 Å².